The summed E-state index contributed by atoms with van der Waals surface area (Å²) in [5.74, 6) is 0. The fraction of sp³-hybridized carbons (Fsp3) is 0. The molecule has 0 aliphatic heterocycles. The van der Waals surface area contributed by atoms with Crippen LogP contribution in [0.3, 0.4) is 0 Å². The predicted molar refractivity (Wildman–Crippen MR) is 20.2 cm³/mol. The smallest absolute Gasteiger partial charge is 0.412 e. The Morgan fingerprint density at radius 1 is 0.400 bits per heavy atom. The van der Waals surface area contributed by atoms with Gasteiger partial charge in [-0.25, -0.2) is 0 Å². The Balaban J connectivity index is 0. The Bertz CT molecular complexity index is 3.61. The van der Waals surface area contributed by atoms with Crippen molar-refractivity contribution in [1.29, 1.82) is 0 Å². The zero-order valence-electron chi connectivity index (χ0n) is 2.71. The van der Waals surface area contributed by atoms with Gasteiger partial charge in [-0.15, -0.1) is 0 Å². The maximum atomic E-state index is 0. The number of hydrogen-bond donors (Lipinski definition) is 0. The zero-order chi connectivity index (χ0) is 0. The minimum Gasteiger partial charge on any atom is -0.412 e. The van der Waals surface area contributed by atoms with Gasteiger partial charge in [0.05, 0.1) is 0 Å². The molecule has 5 heavy (non-hydrogen) atoms. The second kappa shape index (κ2) is 70.9. The normalized spacial score (nSPS) is 0. The SMILES string of the molecule is O.O.O.O.[Ca+2]. The van der Waals surface area contributed by atoms with Gasteiger partial charge in [-0.3, -0.25) is 0 Å². The van der Waals surface area contributed by atoms with Crippen LogP contribution in [0, 0.1) is 0 Å². The first kappa shape index (κ1) is 131. The van der Waals surface area contributed by atoms with Crippen molar-refractivity contribution in [3.63, 3.8) is 0 Å². The zero-order valence-corrected chi connectivity index (χ0v) is 4.92. The van der Waals surface area contributed by atoms with E-state index in [1.54, 1.807) is 0 Å². The topological polar surface area (TPSA) is 126 Å². The largest absolute Gasteiger partial charge is 2.00 e. The van der Waals surface area contributed by atoms with Crippen LogP contribution in [0.5, 0.6) is 0 Å². The quantitative estimate of drug-likeness (QED) is 0.286. The maximum Gasteiger partial charge on any atom is 2.00 e. The van der Waals surface area contributed by atoms with E-state index < -0.39 is 0 Å². The van der Waals surface area contributed by atoms with Crippen LogP contribution in [0.4, 0.5) is 0 Å². The Hall–Kier alpha value is 1.10. The fourth-order valence-electron chi connectivity index (χ4n) is 0. The van der Waals surface area contributed by atoms with E-state index in [4.69, 9.17) is 0 Å². The van der Waals surface area contributed by atoms with Crippen molar-refractivity contribution in [3.8, 4) is 0 Å². The van der Waals surface area contributed by atoms with Crippen molar-refractivity contribution < 1.29 is 21.9 Å². The monoisotopic (exact) mass is 112 g/mol. The van der Waals surface area contributed by atoms with Crippen LogP contribution in [-0.4, -0.2) is 59.6 Å². The van der Waals surface area contributed by atoms with E-state index in [1.165, 1.54) is 0 Å². The summed E-state index contributed by atoms with van der Waals surface area (Å²) in [7, 11) is 0. The minimum absolute atomic E-state index is 0. The second-order valence-corrected chi connectivity index (χ2v) is 0. The third-order valence-corrected chi connectivity index (χ3v) is 0. The molecule has 0 aliphatic rings. The maximum absolute atomic E-state index is 0. The van der Waals surface area contributed by atoms with Crippen molar-refractivity contribution in [2.24, 2.45) is 0 Å². The average molecular weight is 112 g/mol. The summed E-state index contributed by atoms with van der Waals surface area (Å²) < 4.78 is 0. The Labute approximate surface area is 59.4 Å². The average Bonchev–Trinajstić information content (AvgIpc) is 0. The summed E-state index contributed by atoms with van der Waals surface area (Å²) in [6, 6.07) is 0. The summed E-state index contributed by atoms with van der Waals surface area (Å²) in [5, 5.41) is 0. The van der Waals surface area contributed by atoms with Gasteiger partial charge in [0.2, 0.25) is 0 Å². The fourth-order valence-corrected chi connectivity index (χ4v) is 0. The van der Waals surface area contributed by atoms with E-state index in [0.29, 0.717) is 0 Å². The molecule has 0 radical (unpaired) electrons. The summed E-state index contributed by atoms with van der Waals surface area (Å²) in [4.78, 5) is 0. The van der Waals surface area contributed by atoms with Gasteiger partial charge in [0.15, 0.2) is 0 Å². The van der Waals surface area contributed by atoms with Crippen molar-refractivity contribution >= 4 is 37.7 Å². The molecule has 0 rings (SSSR count). The molecular formula is H8CaO4+2. The third-order valence-electron chi connectivity index (χ3n) is 0. The van der Waals surface area contributed by atoms with E-state index in [-0.39, 0.29) is 59.6 Å². The van der Waals surface area contributed by atoms with Crippen LogP contribution < -0.4 is 0 Å². The van der Waals surface area contributed by atoms with Gasteiger partial charge in [-0.1, -0.05) is 0 Å². The molecule has 0 heterocycles. The molecule has 0 saturated carbocycles. The Morgan fingerprint density at radius 3 is 0.400 bits per heavy atom. The van der Waals surface area contributed by atoms with Crippen LogP contribution in [0.15, 0.2) is 0 Å². The first-order valence-corrected chi connectivity index (χ1v) is 0. The van der Waals surface area contributed by atoms with Crippen molar-refractivity contribution in [2.45, 2.75) is 0 Å². The molecule has 0 saturated heterocycles. The molecule has 8 N–H and O–H groups in total. The van der Waals surface area contributed by atoms with E-state index >= 15 is 0 Å². The van der Waals surface area contributed by atoms with Crippen molar-refractivity contribution in [1.82, 2.24) is 0 Å². The Kier molecular flexibility index (Phi) is 1860. The molecule has 0 aromatic rings. The molecule has 0 unspecified atom stereocenters. The van der Waals surface area contributed by atoms with Gasteiger partial charge < -0.3 is 21.9 Å². The van der Waals surface area contributed by atoms with Crippen LogP contribution in [0.25, 0.3) is 0 Å². The van der Waals surface area contributed by atoms with Crippen molar-refractivity contribution in [2.75, 3.05) is 0 Å². The van der Waals surface area contributed by atoms with Gasteiger partial charge in [-0.2, -0.15) is 0 Å². The van der Waals surface area contributed by atoms with Crippen LogP contribution >= 0.6 is 0 Å². The van der Waals surface area contributed by atoms with E-state index in [0.717, 1.165) is 0 Å². The summed E-state index contributed by atoms with van der Waals surface area (Å²) in [5.41, 5.74) is 0. The van der Waals surface area contributed by atoms with E-state index in [2.05, 4.69) is 0 Å². The predicted octanol–water partition coefficient (Wildman–Crippen LogP) is -3.68. The van der Waals surface area contributed by atoms with Crippen molar-refractivity contribution in [3.05, 3.63) is 0 Å². The molecule has 0 aliphatic carbocycles. The molecule has 0 fully saturated rings. The molecule has 32 valence electrons. The van der Waals surface area contributed by atoms with E-state index in [1.807, 2.05) is 0 Å². The second-order valence-electron chi connectivity index (χ2n) is 0. The summed E-state index contributed by atoms with van der Waals surface area (Å²) in [6.45, 7) is 0. The van der Waals surface area contributed by atoms with Gasteiger partial charge in [0, 0.05) is 0 Å². The minimum atomic E-state index is 0. The van der Waals surface area contributed by atoms with Crippen LogP contribution in [0.1, 0.15) is 0 Å². The number of hydrogen-bond acceptors (Lipinski definition) is 0. The number of rotatable bonds is 0. The first-order chi connectivity index (χ1) is 0. The molecular weight excluding hydrogens is 104 g/mol. The summed E-state index contributed by atoms with van der Waals surface area (Å²) in [6.07, 6.45) is 0. The first-order valence-electron chi connectivity index (χ1n) is 0. The van der Waals surface area contributed by atoms with Gasteiger partial charge >= 0.3 is 37.7 Å². The van der Waals surface area contributed by atoms with Crippen LogP contribution in [0.2, 0.25) is 0 Å². The molecule has 0 aromatic heterocycles. The molecule has 4 nitrogen and oxygen atoms in total. The molecule has 0 bridgehead atoms. The standard InChI is InChI=1S/Ca.4H2O/h;4*1H2/q+2;;;;. The molecule has 0 aromatic carbocycles. The third kappa shape index (κ3) is 40.5. The molecule has 0 spiro atoms. The summed E-state index contributed by atoms with van der Waals surface area (Å²) >= 11 is 0. The van der Waals surface area contributed by atoms with Gasteiger partial charge in [0.1, 0.15) is 0 Å². The van der Waals surface area contributed by atoms with Crippen LogP contribution in [-0.2, 0) is 0 Å². The molecule has 0 amide bonds. The van der Waals surface area contributed by atoms with Gasteiger partial charge in [0.25, 0.3) is 0 Å². The van der Waals surface area contributed by atoms with E-state index in [9.17, 15) is 0 Å². The molecule has 5 heteroatoms. The molecule has 0 atom stereocenters. The van der Waals surface area contributed by atoms with Gasteiger partial charge in [-0.05, 0) is 0 Å². The Morgan fingerprint density at radius 2 is 0.400 bits per heavy atom.